The summed E-state index contributed by atoms with van der Waals surface area (Å²) in [5, 5.41) is 5.33. The minimum atomic E-state index is -0.292. The SMILES string of the molecule is CCCN(CC1CC1)C(=O)c1csc(NC(=O)c2cccc(Cl)c2)n1. The molecule has 1 fully saturated rings. The number of thiazole rings is 1. The van der Waals surface area contributed by atoms with Crippen LogP contribution in [0.25, 0.3) is 0 Å². The second-order valence-electron chi connectivity index (χ2n) is 6.20. The van der Waals surface area contributed by atoms with Gasteiger partial charge in [-0.05, 0) is 43.4 Å². The Morgan fingerprint density at radius 1 is 1.40 bits per heavy atom. The predicted octanol–water partition coefficient (Wildman–Crippen LogP) is 4.31. The van der Waals surface area contributed by atoms with Crippen LogP contribution in [0.15, 0.2) is 29.6 Å². The van der Waals surface area contributed by atoms with E-state index >= 15 is 0 Å². The first kappa shape index (κ1) is 17.9. The molecule has 132 valence electrons. The van der Waals surface area contributed by atoms with E-state index in [1.807, 2.05) is 4.90 Å². The van der Waals surface area contributed by atoms with Gasteiger partial charge in [-0.1, -0.05) is 24.6 Å². The van der Waals surface area contributed by atoms with Crippen LogP contribution in [0.3, 0.4) is 0 Å². The zero-order valence-electron chi connectivity index (χ0n) is 14.0. The third kappa shape index (κ3) is 4.80. The maximum atomic E-state index is 12.7. The second kappa shape index (κ2) is 7.97. The Morgan fingerprint density at radius 3 is 2.88 bits per heavy atom. The molecule has 0 radical (unpaired) electrons. The Balaban J connectivity index is 1.66. The highest BCUT2D eigenvalue weighted by molar-refractivity contribution is 7.14. The van der Waals surface area contributed by atoms with Crippen LogP contribution in [-0.2, 0) is 0 Å². The van der Waals surface area contributed by atoms with Crippen LogP contribution >= 0.6 is 22.9 Å². The van der Waals surface area contributed by atoms with Crippen LogP contribution in [0.1, 0.15) is 47.0 Å². The minimum Gasteiger partial charge on any atom is -0.337 e. The van der Waals surface area contributed by atoms with Crippen LogP contribution in [-0.4, -0.2) is 34.8 Å². The zero-order valence-corrected chi connectivity index (χ0v) is 15.6. The fourth-order valence-corrected chi connectivity index (χ4v) is 3.42. The van der Waals surface area contributed by atoms with E-state index in [1.165, 1.54) is 24.2 Å². The molecule has 0 atom stereocenters. The average Bonchev–Trinajstić information content (AvgIpc) is 3.30. The van der Waals surface area contributed by atoms with Gasteiger partial charge in [0.2, 0.25) is 0 Å². The summed E-state index contributed by atoms with van der Waals surface area (Å²) in [7, 11) is 0. The number of hydrogen-bond donors (Lipinski definition) is 1. The number of aromatic nitrogens is 1. The van der Waals surface area contributed by atoms with Gasteiger partial charge >= 0.3 is 0 Å². The van der Waals surface area contributed by atoms with Crippen molar-refractivity contribution in [2.24, 2.45) is 5.92 Å². The van der Waals surface area contributed by atoms with Gasteiger partial charge in [-0.2, -0.15) is 0 Å². The van der Waals surface area contributed by atoms with E-state index in [2.05, 4.69) is 17.2 Å². The fraction of sp³-hybridized carbons (Fsp3) is 0.389. The van der Waals surface area contributed by atoms with Gasteiger partial charge in [-0.3, -0.25) is 14.9 Å². The molecule has 1 aliphatic carbocycles. The molecule has 1 saturated carbocycles. The largest absolute Gasteiger partial charge is 0.337 e. The lowest BCUT2D eigenvalue weighted by Crippen LogP contribution is -2.33. The van der Waals surface area contributed by atoms with E-state index in [1.54, 1.807) is 29.6 Å². The van der Waals surface area contributed by atoms with Crippen molar-refractivity contribution in [2.45, 2.75) is 26.2 Å². The van der Waals surface area contributed by atoms with Crippen molar-refractivity contribution in [3.8, 4) is 0 Å². The highest BCUT2D eigenvalue weighted by Gasteiger charge is 2.27. The van der Waals surface area contributed by atoms with Crippen molar-refractivity contribution >= 4 is 39.9 Å². The van der Waals surface area contributed by atoms with Gasteiger partial charge in [0.05, 0.1) is 0 Å². The number of rotatable bonds is 7. The van der Waals surface area contributed by atoms with Gasteiger partial charge < -0.3 is 4.90 Å². The number of anilines is 1. The number of nitrogens with one attached hydrogen (secondary N) is 1. The van der Waals surface area contributed by atoms with Gasteiger partial charge in [-0.15, -0.1) is 11.3 Å². The average molecular weight is 378 g/mol. The van der Waals surface area contributed by atoms with Gasteiger partial charge in [-0.25, -0.2) is 4.98 Å². The predicted molar refractivity (Wildman–Crippen MR) is 100 cm³/mol. The van der Waals surface area contributed by atoms with Crippen molar-refractivity contribution in [2.75, 3.05) is 18.4 Å². The van der Waals surface area contributed by atoms with Crippen LogP contribution in [0.5, 0.6) is 0 Å². The number of halogens is 1. The first-order chi connectivity index (χ1) is 12.1. The molecule has 0 bridgehead atoms. The molecule has 3 rings (SSSR count). The molecule has 1 aromatic heterocycles. The van der Waals surface area contributed by atoms with Gasteiger partial charge in [0, 0.05) is 29.1 Å². The molecular formula is C18H20ClN3O2S. The monoisotopic (exact) mass is 377 g/mol. The normalized spacial score (nSPS) is 13.5. The highest BCUT2D eigenvalue weighted by atomic mass is 35.5. The lowest BCUT2D eigenvalue weighted by Gasteiger charge is -2.20. The molecule has 7 heteroatoms. The van der Waals surface area contributed by atoms with Crippen molar-refractivity contribution in [3.63, 3.8) is 0 Å². The molecular weight excluding hydrogens is 358 g/mol. The Hall–Kier alpha value is -1.92. The number of hydrogen-bond acceptors (Lipinski definition) is 4. The molecule has 1 aliphatic rings. The summed E-state index contributed by atoms with van der Waals surface area (Å²) >= 11 is 7.16. The van der Waals surface area contributed by atoms with Crippen molar-refractivity contribution in [1.82, 2.24) is 9.88 Å². The minimum absolute atomic E-state index is 0.0618. The van der Waals surface area contributed by atoms with Gasteiger partial charge in [0.25, 0.3) is 11.8 Å². The van der Waals surface area contributed by atoms with Crippen molar-refractivity contribution in [3.05, 3.63) is 45.9 Å². The summed E-state index contributed by atoms with van der Waals surface area (Å²) < 4.78 is 0. The molecule has 5 nitrogen and oxygen atoms in total. The number of benzene rings is 1. The summed E-state index contributed by atoms with van der Waals surface area (Å²) in [6, 6.07) is 6.70. The Bertz CT molecular complexity index is 773. The Kier molecular flexibility index (Phi) is 5.71. The number of carbonyl (C=O) groups excluding carboxylic acids is 2. The summed E-state index contributed by atoms with van der Waals surface area (Å²) in [5.41, 5.74) is 0.845. The smallest absolute Gasteiger partial charge is 0.273 e. The van der Waals surface area contributed by atoms with E-state index in [0.29, 0.717) is 27.3 Å². The standard InChI is InChI=1S/C18H20ClN3O2S/c1-2-8-22(10-12-6-7-12)17(24)15-11-25-18(20-15)21-16(23)13-4-3-5-14(19)9-13/h3-5,9,11-12H,2,6-8,10H2,1H3,(H,20,21,23). The molecule has 1 N–H and O–H groups in total. The summed E-state index contributed by atoms with van der Waals surface area (Å²) in [6.07, 6.45) is 3.32. The van der Waals surface area contributed by atoms with E-state index in [4.69, 9.17) is 11.6 Å². The van der Waals surface area contributed by atoms with E-state index in [0.717, 1.165) is 19.5 Å². The number of amides is 2. The number of carbonyl (C=O) groups is 2. The van der Waals surface area contributed by atoms with Crippen LogP contribution < -0.4 is 5.32 Å². The maximum Gasteiger partial charge on any atom is 0.273 e. The maximum absolute atomic E-state index is 12.7. The Labute approximate surface area is 156 Å². The summed E-state index contributed by atoms with van der Waals surface area (Å²) in [6.45, 7) is 3.59. The molecule has 0 spiro atoms. The first-order valence-corrected chi connectivity index (χ1v) is 9.64. The highest BCUT2D eigenvalue weighted by Crippen LogP contribution is 2.30. The van der Waals surface area contributed by atoms with E-state index in [9.17, 15) is 9.59 Å². The first-order valence-electron chi connectivity index (χ1n) is 8.38. The lowest BCUT2D eigenvalue weighted by molar-refractivity contribution is 0.0742. The van der Waals surface area contributed by atoms with Gasteiger partial charge in [0.1, 0.15) is 5.69 Å². The summed E-state index contributed by atoms with van der Waals surface area (Å²) in [5.74, 6) is 0.281. The van der Waals surface area contributed by atoms with E-state index < -0.39 is 0 Å². The van der Waals surface area contributed by atoms with E-state index in [-0.39, 0.29) is 11.8 Å². The molecule has 0 aliphatic heterocycles. The lowest BCUT2D eigenvalue weighted by atomic mass is 10.2. The fourth-order valence-electron chi connectivity index (χ4n) is 2.55. The topological polar surface area (TPSA) is 62.3 Å². The molecule has 2 amide bonds. The Morgan fingerprint density at radius 2 is 2.20 bits per heavy atom. The molecule has 1 heterocycles. The van der Waals surface area contributed by atoms with Crippen molar-refractivity contribution in [1.29, 1.82) is 0 Å². The molecule has 25 heavy (non-hydrogen) atoms. The van der Waals surface area contributed by atoms with Crippen LogP contribution in [0.4, 0.5) is 5.13 Å². The van der Waals surface area contributed by atoms with Crippen LogP contribution in [0.2, 0.25) is 5.02 Å². The zero-order chi connectivity index (χ0) is 17.8. The molecule has 0 saturated heterocycles. The molecule has 2 aromatic rings. The molecule has 0 unspecified atom stereocenters. The summed E-state index contributed by atoms with van der Waals surface area (Å²) in [4.78, 5) is 31.1. The quantitative estimate of drug-likeness (QED) is 0.781. The third-order valence-corrected chi connectivity index (χ3v) is 4.98. The number of nitrogens with zero attached hydrogens (tertiary/aromatic N) is 2. The third-order valence-electron chi connectivity index (χ3n) is 3.99. The van der Waals surface area contributed by atoms with Crippen LogP contribution in [0, 0.1) is 5.92 Å². The van der Waals surface area contributed by atoms with Crippen molar-refractivity contribution < 1.29 is 9.59 Å². The second-order valence-corrected chi connectivity index (χ2v) is 7.49. The molecule has 1 aromatic carbocycles. The van der Waals surface area contributed by atoms with Gasteiger partial charge in [0.15, 0.2) is 5.13 Å².